The molecule has 4 heteroatoms. The van der Waals surface area contributed by atoms with E-state index in [1.165, 1.54) is 12.1 Å². The van der Waals surface area contributed by atoms with E-state index in [2.05, 4.69) is 0 Å². The van der Waals surface area contributed by atoms with Crippen LogP contribution in [-0.2, 0) is 10.2 Å². The standard InChI is InChI=1S/C12H14O4/c1-12(11(15)16,7-2-3-7)8-4-5-9(13)10(14)6-8/h4-7,13-14H,2-3H2,1H3,(H,15,16). The predicted octanol–water partition coefficient (Wildman–Crippen LogP) is 1.85. The molecule has 86 valence electrons. The van der Waals surface area contributed by atoms with E-state index < -0.39 is 11.4 Å². The third-order valence-corrected chi connectivity index (χ3v) is 3.41. The normalized spacial score (nSPS) is 19.1. The smallest absolute Gasteiger partial charge is 0.314 e. The van der Waals surface area contributed by atoms with E-state index in [9.17, 15) is 20.1 Å². The zero-order valence-electron chi connectivity index (χ0n) is 8.97. The number of carbonyl (C=O) groups is 1. The Labute approximate surface area is 93.2 Å². The summed E-state index contributed by atoms with van der Waals surface area (Å²) in [5.41, 5.74) is -0.427. The number of hydrogen-bond acceptors (Lipinski definition) is 3. The summed E-state index contributed by atoms with van der Waals surface area (Å²) in [7, 11) is 0. The minimum absolute atomic E-state index is 0.119. The topological polar surface area (TPSA) is 77.8 Å². The molecule has 2 rings (SSSR count). The van der Waals surface area contributed by atoms with Gasteiger partial charge < -0.3 is 15.3 Å². The van der Waals surface area contributed by atoms with E-state index in [1.807, 2.05) is 0 Å². The number of aromatic hydroxyl groups is 2. The van der Waals surface area contributed by atoms with Gasteiger partial charge in [-0.15, -0.1) is 0 Å². The summed E-state index contributed by atoms with van der Waals surface area (Å²) in [5, 5.41) is 27.9. The van der Waals surface area contributed by atoms with Crippen molar-refractivity contribution in [1.29, 1.82) is 0 Å². The number of aliphatic carboxylic acids is 1. The lowest BCUT2D eigenvalue weighted by atomic mass is 9.78. The Morgan fingerprint density at radius 3 is 2.38 bits per heavy atom. The highest BCUT2D eigenvalue weighted by Crippen LogP contribution is 2.48. The van der Waals surface area contributed by atoms with Crippen LogP contribution in [0.25, 0.3) is 0 Å². The first-order valence-electron chi connectivity index (χ1n) is 5.22. The Morgan fingerprint density at radius 2 is 1.94 bits per heavy atom. The summed E-state index contributed by atoms with van der Waals surface area (Å²) in [5.74, 6) is -1.27. The molecule has 1 unspecified atom stereocenters. The Hall–Kier alpha value is -1.71. The number of carboxylic acids is 1. The lowest BCUT2D eigenvalue weighted by Gasteiger charge is -2.25. The zero-order valence-corrected chi connectivity index (χ0v) is 8.97. The van der Waals surface area contributed by atoms with E-state index in [0.717, 1.165) is 12.8 Å². The van der Waals surface area contributed by atoms with Gasteiger partial charge in [0.05, 0.1) is 5.41 Å². The van der Waals surface area contributed by atoms with Gasteiger partial charge in [-0.3, -0.25) is 4.79 Å². The average molecular weight is 222 g/mol. The maximum Gasteiger partial charge on any atom is 0.314 e. The molecular formula is C12H14O4. The van der Waals surface area contributed by atoms with Crippen LogP contribution in [0.15, 0.2) is 18.2 Å². The van der Waals surface area contributed by atoms with Crippen LogP contribution in [0.2, 0.25) is 0 Å². The predicted molar refractivity (Wildman–Crippen MR) is 57.5 cm³/mol. The highest BCUT2D eigenvalue weighted by Gasteiger charge is 2.48. The number of carboxylic acid groups (broad SMARTS) is 1. The molecule has 0 spiro atoms. The van der Waals surface area contributed by atoms with Gasteiger partial charge in [0.15, 0.2) is 11.5 Å². The van der Waals surface area contributed by atoms with Gasteiger partial charge in [-0.25, -0.2) is 0 Å². The summed E-state index contributed by atoms with van der Waals surface area (Å²) in [6.45, 7) is 1.67. The van der Waals surface area contributed by atoms with E-state index in [1.54, 1.807) is 13.0 Å². The first kappa shape index (κ1) is 10.8. The number of hydrogen-bond donors (Lipinski definition) is 3. The number of benzene rings is 1. The third kappa shape index (κ3) is 1.50. The molecule has 1 aliphatic carbocycles. The fraction of sp³-hybridized carbons (Fsp3) is 0.417. The zero-order chi connectivity index (χ0) is 11.9. The summed E-state index contributed by atoms with van der Waals surface area (Å²) in [6.07, 6.45) is 1.79. The van der Waals surface area contributed by atoms with Crippen molar-refractivity contribution in [2.45, 2.75) is 25.2 Å². The second-order valence-corrected chi connectivity index (χ2v) is 4.49. The molecule has 0 bridgehead atoms. The van der Waals surface area contributed by atoms with Crippen molar-refractivity contribution in [2.75, 3.05) is 0 Å². The molecule has 1 atom stereocenters. The molecule has 1 aromatic rings. The molecule has 16 heavy (non-hydrogen) atoms. The summed E-state index contributed by atoms with van der Waals surface area (Å²) < 4.78 is 0. The second-order valence-electron chi connectivity index (χ2n) is 4.49. The first-order valence-corrected chi connectivity index (χ1v) is 5.22. The van der Waals surface area contributed by atoms with E-state index in [0.29, 0.717) is 5.56 Å². The fourth-order valence-corrected chi connectivity index (χ4v) is 2.04. The van der Waals surface area contributed by atoms with Crippen LogP contribution in [0.3, 0.4) is 0 Å². The quantitative estimate of drug-likeness (QED) is 0.682. The van der Waals surface area contributed by atoms with Crippen molar-refractivity contribution in [1.82, 2.24) is 0 Å². The Bertz CT molecular complexity index is 437. The molecule has 4 nitrogen and oxygen atoms in total. The fourth-order valence-electron chi connectivity index (χ4n) is 2.04. The lowest BCUT2D eigenvalue weighted by molar-refractivity contribution is -0.144. The highest BCUT2D eigenvalue weighted by atomic mass is 16.4. The van der Waals surface area contributed by atoms with E-state index in [-0.39, 0.29) is 17.4 Å². The van der Waals surface area contributed by atoms with Gasteiger partial charge in [0.2, 0.25) is 0 Å². The average Bonchev–Trinajstić information content (AvgIpc) is 3.04. The van der Waals surface area contributed by atoms with Crippen molar-refractivity contribution in [3.8, 4) is 11.5 Å². The molecule has 1 fully saturated rings. The van der Waals surface area contributed by atoms with Gasteiger partial charge in [-0.05, 0) is 43.4 Å². The van der Waals surface area contributed by atoms with Gasteiger partial charge in [-0.1, -0.05) is 6.07 Å². The molecule has 3 N–H and O–H groups in total. The molecule has 1 aromatic carbocycles. The molecule has 0 amide bonds. The van der Waals surface area contributed by atoms with Gasteiger partial charge in [0.25, 0.3) is 0 Å². The molecule has 0 radical (unpaired) electrons. The van der Waals surface area contributed by atoms with Crippen LogP contribution in [0, 0.1) is 5.92 Å². The number of phenols is 2. The minimum atomic E-state index is -0.967. The van der Waals surface area contributed by atoms with Crippen molar-refractivity contribution >= 4 is 5.97 Å². The van der Waals surface area contributed by atoms with Crippen LogP contribution >= 0.6 is 0 Å². The third-order valence-electron chi connectivity index (χ3n) is 3.41. The largest absolute Gasteiger partial charge is 0.504 e. The van der Waals surface area contributed by atoms with Crippen molar-refractivity contribution in [3.63, 3.8) is 0 Å². The molecule has 0 heterocycles. The van der Waals surface area contributed by atoms with Crippen molar-refractivity contribution < 1.29 is 20.1 Å². The highest BCUT2D eigenvalue weighted by molar-refractivity contribution is 5.82. The van der Waals surface area contributed by atoms with Crippen LogP contribution in [0.1, 0.15) is 25.3 Å². The maximum atomic E-state index is 11.4. The first-order chi connectivity index (χ1) is 7.46. The SMILES string of the molecule is CC(C(=O)O)(c1ccc(O)c(O)c1)C1CC1. The number of phenolic OH excluding ortho intramolecular Hbond substituents is 2. The number of rotatable bonds is 3. The van der Waals surface area contributed by atoms with Gasteiger partial charge in [-0.2, -0.15) is 0 Å². The molecule has 0 aliphatic heterocycles. The molecule has 1 aliphatic rings. The Morgan fingerprint density at radius 1 is 1.31 bits per heavy atom. The van der Waals surface area contributed by atoms with E-state index >= 15 is 0 Å². The van der Waals surface area contributed by atoms with Crippen molar-refractivity contribution in [3.05, 3.63) is 23.8 Å². The minimum Gasteiger partial charge on any atom is -0.504 e. The van der Waals surface area contributed by atoms with Crippen LogP contribution in [-0.4, -0.2) is 21.3 Å². The van der Waals surface area contributed by atoms with Crippen LogP contribution in [0.4, 0.5) is 0 Å². The maximum absolute atomic E-state index is 11.4. The molecule has 1 saturated carbocycles. The van der Waals surface area contributed by atoms with Gasteiger partial charge >= 0.3 is 5.97 Å². The van der Waals surface area contributed by atoms with E-state index in [4.69, 9.17) is 0 Å². The van der Waals surface area contributed by atoms with Crippen LogP contribution in [0.5, 0.6) is 11.5 Å². The second kappa shape index (κ2) is 3.40. The molecular weight excluding hydrogens is 208 g/mol. The monoisotopic (exact) mass is 222 g/mol. The van der Waals surface area contributed by atoms with Crippen LogP contribution < -0.4 is 0 Å². The summed E-state index contributed by atoms with van der Waals surface area (Å²) in [4.78, 5) is 11.4. The van der Waals surface area contributed by atoms with Crippen molar-refractivity contribution in [2.24, 2.45) is 5.92 Å². The molecule has 0 aromatic heterocycles. The Balaban J connectivity index is 2.47. The van der Waals surface area contributed by atoms with Gasteiger partial charge in [0, 0.05) is 0 Å². The Kier molecular flexibility index (Phi) is 2.30. The summed E-state index contributed by atoms with van der Waals surface area (Å²) >= 11 is 0. The lowest BCUT2D eigenvalue weighted by Crippen LogP contribution is -2.34. The molecule has 0 saturated heterocycles. The van der Waals surface area contributed by atoms with Gasteiger partial charge in [0.1, 0.15) is 0 Å². The summed E-state index contributed by atoms with van der Waals surface area (Å²) in [6, 6.07) is 4.22.